The van der Waals surface area contributed by atoms with Crippen molar-refractivity contribution in [1.29, 1.82) is 0 Å². The standard InChI is InChI=1S/C13H28O3SSi/c1-4-8-15-13(16-9-5-2)18-10-6-7-11(3)12(14)17/h11,13H,4-10,18H2,1-3H3,(H,14,17). The summed E-state index contributed by atoms with van der Waals surface area (Å²) in [5.74, 6) is 0.140. The van der Waals surface area contributed by atoms with E-state index in [9.17, 15) is 4.79 Å². The topological polar surface area (TPSA) is 35.5 Å². The number of thiol groups is 1. The number of rotatable bonds is 12. The highest BCUT2D eigenvalue weighted by atomic mass is 32.1. The van der Waals surface area contributed by atoms with Gasteiger partial charge in [0.15, 0.2) is 5.12 Å². The summed E-state index contributed by atoms with van der Waals surface area (Å²) in [5.41, 5.74) is 0. The maximum Gasteiger partial charge on any atom is 0.188 e. The molecule has 0 aliphatic rings. The van der Waals surface area contributed by atoms with Gasteiger partial charge in [-0.1, -0.05) is 33.2 Å². The minimum Gasteiger partial charge on any atom is -0.357 e. The van der Waals surface area contributed by atoms with E-state index >= 15 is 0 Å². The van der Waals surface area contributed by atoms with E-state index < -0.39 is 0 Å². The maximum atomic E-state index is 11.0. The highest BCUT2D eigenvalue weighted by Crippen LogP contribution is 2.11. The summed E-state index contributed by atoms with van der Waals surface area (Å²) in [5, 5.41) is -0.00215. The molecule has 5 heteroatoms. The molecule has 1 unspecified atom stereocenters. The van der Waals surface area contributed by atoms with Crippen LogP contribution in [0.4, 0.5) is 0 Å². The molecular formula is C13H28O3SSi. The first-order valence-electron chi connectivity index (χ1n) is 7.07. The van der Waals surface area contributed by atoms with Crippen LogP contribution in [0.1, 0.15) is 46.5 Å². The lowest BCUT2D eigenvalue weighted by molar-refractivity contribution is -0.113. The fourth-order valence-electron chi connectivity index (χ4n) is 1.60. The lowest BCUT2D eigenvalue weighted by atomic mass is 10.1. The average Bonchev–Trinajstić information content (AvgIpc) is 2.36. The second kappa shape index (κ2) is 12.2. The predicted octanol–water partition coefficient (Wildman–Crippen LogP) is 2.58. The number of carbonyl (C=O) groups excluding carboxylic acids is 1. The van der Waals surface area contributed by atoms with Crippen LogP contribution in [0, 0.1) is 5.92 Å². The fourth-order valence-corrected chi connectivity index (χ4v) is 3.30. The summed E-state index contributed by atoms with van der Waals surface area (Å²) < 4.78 is 11.4. The zero-order valence-corrected chi connectivity index (χ0v) is 14.3. The Hall–Kier alpha value is 0.157. The molecule has 0 fully saturated rings. The van der Waals surface area contributed by atoms with Crippen LogP contribution in [0.2, 0.25) is 6.04 Å². The first-order chi connectivity index (χ1) is 8.61. The Morgan fingerprint density at radius 1 is 1.22 bits per heavy atom. The molecular weight excluding hydrogens is 264 g/mol. The first kappa shape index (κ1) is 18.2. The average molecular weight is 293 g/mol. The van der Waals surface area contributed by atoms with Crippen LogP contribution in [-0.2, 0) is 14.3 Å². The van der Waals surface area contributed by atoms with Crippen LogP contribution in [0.3, 0.4) is 0 Å². The van der Waals surface area contributed by atoms with E-state index in [0.717, 1.165) is 38.9 Å². The quantitative estimate of drug-likeness (QED) is 0.260. The molecule has 0 saturated heterocycles. The Morgan fingerprint density at radius 2 is 1.78 bits per heavy atom. The van der Waals surface area contributed by atoms with Gasteiger partial charge in [-0.05, 0) is 19.3 Å². The van der Waals surface area contributed by atoms with E-state index in [1.165, 1.54) is 6.04 Å². The van der Waals surface area contributed by atoms with E-state index in [-0.39, 0.29) is 26.5 Å². The molecule has 18 heavy (non-hydrogen) atoms. The third-order valence-electron chi connectivity index (χ3n) is 2.76. The number of ether oxygens (including phenoxy) is 2. The van der Waals surface area contributed by atoms with Crippen molar-refractivity contribution in [2.45, 2.75) is 58.4 Å². The first-order valence-corrected chi connectivity index (χ1v) is 9.34. The van der Waals surface area contributed by atoms with Crippen molar-refractivity contribution in [3.63, 3.8) is 0 Å². The highest BCUT2D eigenvalue weighted by molar-refractivity contribution is 7.96. The Labute approximate surface area is 119 Å². The zero-order valence-electron chi connectivity index (χ0n) is 12.0. The van der Waals surface area contributed by atoms with E-state index in [1.807, 2.05) is 6.92 Å². The van der Waals surface area contributed by atoms with Crippen molar-refractivity contribution >= 4 is 27.3 Å². The fraction of sp³-hybridized carbons (Fsp3) is 0.923. The SMILES string of the molecule is CCCOC(OCCC)[SiH2]CCCC(C)C(=O)S. The lowest BCUT2D eigenvalue weighted by Crippen LogP contribution is -2.25. The molecule has 0 aliphatic heterocycles. The second-order valence-corrected chi connectivity index (χ2v) is 7.09. The van der Waals surface area contributed by atoms with Gasteiger partial charge in [0.1, 0.15) is 5.91 Å². The van der Waals surface area contributed by atoms with Gasteiger partial charge in [-0.25, -0.2) is 0 Å². The van der Waals surface area contributed by atoms with Crippen LogP contribution in [0.25, 0.3) is 0 Å². The third kappa shape index (κ3) is 10.1. The van der Waals surface area contributed by atoms with Gasteiger partial charge >= 0.3 is 0 Å². The van der Waals surface area contributed by atoms with E-state index in [0.29, 0.717) is 0 Å². The summed E-state index contributed by atoms with van der Waals surface area (Å²) in [7, 11) is -0.364. The summed E-state index contributed by atoms with van der Waals surface area (Å²) >= 11 is 3.85. The molecule has 1 atom stereocenters. The largest absolute Gasteiger partial charge is 0.357 e. The smallest absolute Gasteiger partial charge is 0.188 e. The van der Waals surface area contributed by atoms with Crippen LogP contribution in [-0.4, -0.2) is 33.8 Å². The molecule has 0 aliphatic carbocycles. The van der Waals surface area contributed by atoms with Gasteiger partial charge in [0.2, 0.25) is 0 Å². The second-order valence-electron chi connectivity index (χ2n) is 4.69. The van der Waals surface area contributed by atoms with E-state index in [1.54, 1.807) is 0 Å². The Kier molecular flexibility index (Phi) is 12.3. The molecule has 0 aromatic rings. The molecule has 0 saturated carbocycles. The Morgan fingerprint density at radius 3 is 2.22 bits per heavy atom. The van der Waals surface area contributed by atoms with Gasteiger partial charge in [0, 0.05) is 19.1 Å². The number of hydrogen-bond donors (Lipinski definition) is 1. The predicted molar refractivity (Wildman–Crippen MR) is 82.0 cm³/mol. The molecule has 3 nitrogen and oxygen atoms in total. The van der Waals surface area contributed by atoms with Crippen LogP contribution >= 0.6 is 12.6 Å². The van der Waals surface area contributed by atoms with Crippen molar-refractivity contribution in [2.24, 2.45) is 5.92 Å². The molecule has 0 bridgehead atoms. The summed E-state index contributed by atoms with van der Waals surface area (Å²) in [6.07, 6.45) is 4.09. The van der Waals surface area contributed by atoms with Gasteiger partial charge < -0.3 is 9.47 Å². The van der Waals surface area contributed by atoms with Crippen molar-refractivity contribution in [1.82, 2.24) is 0 Å². The minimum atomic E-state index is -0.364. The van der Waals surface area contributed by atoms with Gasteiger partial charge in [0.05, 0.1) is 9.52 Å². The molecule has 0 aromatic heterocycles. The summed E-state index contributed by atoms with van der Waals surface area (Å²) in [6, 6.07) is 1.17. The molecule has 0 heterocycles. The van der Waals surface area contributed by atoms with E-state index in [4.69, 9.17) is 9.47 Å². The highest BCUT2D eigenvalue weighted by Gasteiger charge is 2.11. The van der Waals surface area contributed by atoms with Gasteiger partial charge in [-0.15, -0.1) is 12.6 Å². The normalized spacial score (nSPS) is 13.6. The van der Waals surface area contributed by atoms with Gasteiger partial charge in [-0.3, -0.25) is 4.79 Å². The number of carbonyl (C=O) groups is 1. The van der Waals surface area contributed by atoms with Gasteiger partial charge in [0.25, 0.3) is 0 Å². The van der Waals surface area contributed by atoms with Crippen LogP contribution in [0.15, 0.2) is 0 Å². The molecule has 0 amide bonds. The third-order valence-corrected chi connectivity index (χ3v) is 5.06. The van der Waals surface area contributed by atoms with E-state index in [2.05, 4.69) is 26.5 Å². The Bertz CT molecular complexity index is 206. The van der Waals surface area contributed by atoms with Crippen molar-refractivity contribution in [3.05, 3.63) is 0 Å². The molecule has 0 aromatic carbocycles. The zero-order chi connectivity index (χ0) is 13.8. The molecule has 0 radical (unpaired) electrons. The summed E-state index contributed by atoms with van der Waals surface area (Å²) in [4.78, 5) is 11.0. The molecule has 0 N–H and O–H groups in total. The molecule has 0 rings (SSSR count). The summed E-state index contributed by atoms with van der Waals surface area (Å²) in [6.45, 7) is 7.73. The number of hydrogen-bond acceptors (Lipinski definition) is 3. The minimum absolute atomic E-state index is 0.00215. The lowest BCUT2D eigenvalue weighted by Gasteiger charge is -2.18. The maximum absolute atomic E-state index is 11.0. The van der Waals surface area contributed by atoms with Crippen molar-refractivity contribution in [3.8, 4) is 0 Å². The molecule has 0 spiro atoms. The van der Waals surface area contributed by atoms with Crippen LogP contribution in [0.5, 0.6) is 0 Å². The molecule has 108 valence electrons. The van der Waals surface area contributed by atoms with Crippen molar-refractivity contribution in [2.75, 3.05) is 13.2 Å². The Balaban J connectivity index is 3.70. The van der Waals surface area contributed by atoms with Crippen LogP contribution < -0.4 is 0 Å². The monoisotopic (exact) mass is 292 g/mol. The van der Waals surface area contributed by atoms with Gasteiger partial charge in [-0.2, -0.15) is 0 Å². The van der Waals surface area contributed by atoms with Crippen molar-refractivity contribution < 1.29 is 14.3 Å².